The molecule has 1 aromatic rings. The van der Waals surface area contributed by atoms with Crippen LogP contribution in [0.1, 0.15) is 46.5 Å². The van der Waals surface area contributed by atoms with Crippen molar-refractivity contribution in [1.29, 1.82) is 0 Å². The van der Waals surface area contributed by atoms with Gasteiger partial charge in [-0.2, -0.15) is 0 Å². The topological polar surface area (TPSA) is 41.6 Å². The first-order valence-corrected chi connectivity index (χ1v) is 10.00. The largest absolute Gasteiger partial charge is 0.444 e. The predicted octanol–water partition coefficient (Wildman–Crippen LogP) is 4.75. The summed E-state index contributed by atoms with van der Waals surface area (Å²) in [6, 6.07) is 9.64. The van der Waals surface area contributed by atoms with Gasteiger partial charge in [0.1, 0.15) is 5.60 Å². The van der Waals surface area contributed by atoms with E-state index in [0.717, 1.165) is 25.7 Å². The number of nitrogens with zero attached hydrogens (tertiary/aromatic N) is 1. The molecule has 2 aliphatic heterocycles. The molecule has 1 N–H and O–H groups in total. The molecule has 0 saturated carbocycles. The highest BCUT2D eigenvalue weighted by molar-refractivity contribution is 7.98. The third kappa shape index (κ3) is 4.00. The molecule has 2 unspecified atom stereocenters. The highest BCUT2D eigenvalue weighted by Gasteiger charge is 2.44. The Morgan fingerprint density at radius 1 is 1.17 bits per heavy atom. The average molecular weight is 349 g/mol. The summed E-state index contributed by atoms with van der Waals surface area (Å²) in [5, 5.41) is 3.65. The first kappa shape index (κ1) is 17.5. The van der Waals surface area contributed by atoms with Crippen molar-refractivity contribution >= 4 is 23.5 Å². The molecule has 2 fully saturated rings. The summed E-state index contributed by atoms with van der Waals surface area (Å²) in [6.07, 6.45) is 6.13. The van der Waals surface area contributed by atoms with Gasteiger partial charge in [-0.3, -0.25) is 0 Å². The van der Waals surface area contributed by atoms with Gasteiger partial charge in [-0.1, -0.05) is 0 Å². The fraction of sp³-hybridized carbons (Fsp3) is 0.632. The van der Waals surface area contributed by atoms with Crippen molar-refractivity contribution in [1.82, 2.24) is 4.90 Å². The van der Waals surface area contributed by atoms with Crippen LogP contribution in [-0.2, 0) is 4.74 Å². The standard InChI is InChI=1S/C19H28N2O2S/c1-19(2,3)23-18(22)21-15-7-8-16(21)12-14(11-15)20-13-5-9-17(24-4)10-6-13/h5-6,9-10,14-16,20H,7-8,11-12H2,1-4H3. The summed E-state index contributed by atoms with van der Waals surface area (Å²) in [5.74, 6) is 0. The monoisotopic (exact) mass is 348 g/mol. The number of hydrogen-bond acceptors (Lipinski definition) is 4. The fourth-order valence-corrected chi connectivity index (χ4v) is 4.24. The zero-order valence-corrected chi connectivity index (χ0v) is 15.9. The van der Waals surface area contributed by atoms with E-state index in [9.17, 15) is 4.79 Å². The minimum atomic E-state index is -0.426. The van der Waals surface area contributed by atoms with Crippen LogP contribution in [0.5, 0.6) is 0 Å². The number of fused-ring (bicyclic) bond motifs is 2. The summed E-state index contributed by atoms with van der Waals surface area (Å²) in [6.45, 7) is 5.79. The van der Waals surface area contributed by atoms with E-state index in [1.54, 1.807) is 11.8 Å². The van der Waals surface area contributed by atoms with Crippen molar-refractivity contribution < 1.29 is 9.53 Å². The molecular weight excluding hydrogens is 320 g/mol. The summed E-state index contributed by atoms with van der Waals surface area (Å²) in [4.78, 5) is 15.8. The van der Waals surface area contributed by atoms with Gasteiger partial charge in [-0.25, -0.2) is 4.79 Å². The van der Waals surface area contributed by atoms with Crippen LogP contribution in [0.15, 0.2) is 29.2 Å². The van der Waals surface area contributed by atoms with Crippen molar-refractivity contribution in [3.63, 3.8) is 0 Å². The Balaban J connectivity index is 1.61. The molecule has 4 nitrogen and oxygen atoms in total. The van der Waals surface area contributed by atoms with E-state index >= 15 is 0 Å². The molecule has 1 amide bonds. The number of nitrogens with one attached hydrogen (secondary N) is 1. The predicted molar refractivity (Wildman–Crippen MR) is 99.8 cm³/mol. The molecule has 5 heteroatoms. The molecule has 2 heterocycles. The summed E-state index contributed by atoms with van der Waals surface area (Å²) >= 11 is 1.76. The molecule has 0 aromatic heterocycles. The Bertz CT molecular complexity index is 568. The first-order valence-electron chi connectivity index (χ1n) is 8.77. The maximum Gasteiger partial charge on any atom is 0.410 e. The Morgan fingerprint density at radius 2 is 1.75 bits per heavy atom. The number of carbonyl (C=O) groups excluding carboxylic acids is 1. The lowest BCUT2D eigenvalue weighted by atomic mass is 9.97. The zero-order chi connectivity index (χ0) is 17.3. The van der Waals surface area contributed by atoms with E-state index < -0.39 is 5.60 Å². The Kier molecular flexibility index (Phi) is 5.00. The van der Waals surface area contributed by atoms with Gasteiger partial charge in [0.2, 0.25) is 0 Å². The number of carbonyl (C=O) groups is 1. The Hall–Kier alpha value is -1.36. The van der Waals surface area contributed by atoms with Gasteiger partial charge >= 0.3 is 6.09 Å². The molecule has 2 atom stereocenters. The van der Waals surface area contributed by atoms with Crippen molar-refractivity contribution in [2.75, 3.05) is 11.6 Å². The second kappa shape index (κ2) is 6.87. The molecule has 2 aliphatic rings. The zero-order valence-electron chi connectivity index (χ0n) is 15.0. The van der Waals surface area contributed by atoms with Gasteiger partial charge in [0.05, 0.1) is 0 Å². The minimum Gasteiger partial charge on any atom is -0.444 e. The quantitative estimate of drug-likeness (QED) is 0.800. The van der Waals surface area contributed by atoms with Crippen LogP contribution in [0, 0.1) is 0 Å². The molecule has 2 bridgehead atoms. The van der Waals surface area contributed by atoms with E-state index in [1.807, 2.05) is 25.7 Å². The molecular formula is C19H28N2O2S. The molecule has 3 rings (SSSR count). The van der Waals surface area contributed by atoms with Crippen LogP contribution in [0.3, 0.4) is 0 Å². The fourth-order valence-electron chi connectivity index (χ4n) is 3.83. The summed E-state index contributed by atoms with van der Waals surface area (Å²) in [5.41, 5.74) is 0.743. The first-order chi connectivity index (χ1) is 11.4. The van der Waals surface area contributed by atoms with E-state index in [0.29, 0.717) is 18.1 Å². The number of hydrogen-bond donors (Lipinski definition) is 1. The lowest BCUT2D eigenvalue weighted by Gasteiger charge is -2.40. The van der Waals surface area contributed by atoms with Gasteiger partial charge in [-0.15, -0.1) is 11.8 Å². The lowest BCUT2D eigenvalue weighted by molar-refractivity contribution is 0.00684. The van der Waals surface area contributed by atoms with Crippen molar-refractivity contribution in [3.05, 3.63) is 24.3 Å². The molecule has 0 spiro atoms. The molecule has 0 aliphatic carbocycles. The minimum absolute atomic E-state index is 0.141. The summed E-state index contributed by atoms with van der Waals surface area (Å²) in [7, 11) is 0. The maximum absolute atomic E-state index is 12.5. The van der Waals surface area contributed by atoms with Crippen molar-refractivity contribution in [3.8, 4) is 0 Å². The lowest BCUT2D eigenvalue weighted by Crippen LogP contribution is -2.51. The van der Waals surface area contributed by atoms with Gasteiger partial charge in [0, 0.05) is 28.7 Å². The molecule has 2 saturated heterocycles. The smallest absolute Gasteiger partial charge is 0.410 e. The molecule has 132 valence electrons. The van der Waals surface area contributed by atoms with Crippen LogP contribution in [-0.4, -0.2) is 41.0 Å². The molecule has 1 aromatic carbocycles. The number of rotatable bonds is 3. The van der Waals surface area contributed by atoms with Gasteiger partial charge in [-0.05, 0) is 77.0 Å². The number of benzene rings is 1. The maximum atomic E-state index is 12.5. The third-order valence-electron chi connectivity index (χ3n) is 4.80. The number of thioether (sulfide) groups is 1. The van der Waals surface area contributed by atoms with Crippen LogP contribution in [0.25, 0.3) is 0 Å². The summed E-state index contributed by atoms with van der Waals surface area (Å²) < 4.78 is 5.60. The van der Waals surface area contributed by atoms with Crippen molar-refractivity contribution in [2.45, 2.75) is 75.1 Å². The van der Waals surface area contributed by atoms with Gasteiger partial charge in [0.15, 0.2) is 0 Å². The normalized spacial score (nSPS) is 26.3. The number of ether oxygens (including phenoxy) is 1. The van der Waals surface area contributed by atoms with Gasteiger partial charge in [0.25, 0.3) is 0 Å². The number of anilines is 1. The van der Waals surface area contributed by atoms with Crippen LogP contribution in [0.4, 0.5) is 10.5 Å². The van der Waals surface area contributed by atoms with Crippen LogP contribution >= 0.6 is 11.8 Å². The number of piperidine rings is 1. The second-order valence-electron chi connectivity index (χ2n) is 7.81. The second-order valence-corrected chi connectivity index (χ2v) is 8.69. The highest BCUT2D eigenvalue weighted by atomic mass is 32.2. The molecule has 24 heavy (non-hydrogen) atoms. The highest BCUT2D eigenvalue weighted by Crippen LogP contribution is 2.37. The Labute approximate surface area is 149 Å². The van der Waals surface area contributed by atoms with Crippen LogP contribution < -0.4 is 5.32 Å². The number of amides is 1. The van der Waals surface area contributed by atoms with E-state index in [2.05, 4.69) is 35.8 Å². The third-order valence-corrected chi connectivity index (χ3v) is 5.54. The van der Waals surface area contributed by atoms with E-state index in [4.69, 9.17) is 4.74 Å². The van der Waals surface area contributed by atoms with Crippen LogP contribution in [0.2, 0.25) is 0 Å². The SMILES string of the molecule is CSc1ccc(NC2CC3CCC(C2)N3C(=O)OC(C)(C)C)cc1. The van der Waals surface area contributed by atoms with E-state index in [-0.39, 0.29) is 6.09 Å². The van der Waals surface area contributed by atoms with E-state index in [1.165, 1.54) is 10.6 Å². The Morgan fingerprint density at radius 3 is 2.25 bits per heavy atom. The van der Waals surface area contributed by atoms with Gasteiger partial charge < -0.3 is 15.0 Å². The molecule has 0 radical (unpaired) electrons. The average Bonchev–Trinajstić information content (AvgIpc) is 2.78. The van der Waals surface area contributed by atoms with Crippen molar-refractivity contribution in [2.24, 2.45) is 0 Å².